The highest BCUT2D eigenvalue weighted by Crippen LogP contribution is 2.22. The fourth-order valence-corrected chi connectivity index (χ4v) is 4.41. The van der Waals surface area contributed by atoms with Crippen molar-refractivity contribution in [3.63, 3.8) is 0 Å². The molecule has 0 radical (unpaired) electrons. The van der Waals surface area contributed by atoms with Gasteiger partial charge < -0.3 is 29.6 Å². The van der Waals surface area contributed by atoms with E-state index in [2.05, 4.69) is 16.4 Å². The number of benzene rings is 3. The van der Waals surface area contributed by atoms with Crippen molar-refractivity contribution in [1.29, 1.82) is 0 Å². The maximum absolute atomic E-state index is 13.7. The number of carbonyl (C=O) groups excluding carboxylic acids is 2. The number of aromatic amines is 1. The van der Waals surface area contributed by atoms with Gasteiger partial charge in [0.15, 0.2) is 0 Å². The molecule has 0 spiro atoms. The fraction of sp³-hybridized carbons (Fsp3) is 0.267. The van der Waals surface area contributed by atoms with Crippen molar-refractivity contribution in [3.8, 4) is 5.75 Å². The number of hydrogen-bond donors (Lipinski definition) is 2. The number of fused-ring (bicyclic) bond motifs is 1. The van der Waals surface area contributed by atoms with Gasteiger partial charge in [-0.3, -0.25) is 4.79 Å². The molecule has 0 fully saturated rings. The standard InChI is InChI=1S/C30H33FN4O4/c1-38-17-16-35(30(37)33-25-10-7-9-24(31)18-25)21-29(36)34(20-23-8-3-6-13-28(23)39-2)15-14-22-19-32-27-12-5-4-11-26(22)27/h3-13,18-19,32H,14-17,20-21H2,1-2H3,(H,33,37). The van der Waals surface area contributed by atoms with Crippen LogP contribution in [0.5, 0.6) is 5.75 Å². The number of aromatic nitrogens is 1. The monoisotopic (exact) mass is 532 g/mol. The van der Waals surface area contributed by atoms with Crippen LogP contribution in [0.3, 0.4) is 0 Å². The van der Waals surface area contributed by atoms with Gasteiger partial charge in [-0.15, -0.1) is 0 Å². The number of H-pyrrole nitrogens is 1. The fourth-order valence-electron chi connectivity index (χ4n) is 4.41. The van der Waals surface area contributed by atoms with Crippen molar-refractivity contribution in [3.05, 3.63) is 95.9 Å². The first-order valence-electron chi connectivity index (χ1n) is 12.7. The van der Waals surface area contributed by atoms with Crippen molar-refractivity contribution in [2.75, 3.05) is 45.8 Å². The van der Waals surface area contributed by atoms with Gasteiger partial charge in [-0.2, -0.15) is 0 Å². The minimum absolute atomic E-state index is 0.173. The predicted octanol–water partition coefficient (Wildman–Crippen LogP) is 5.07. The number of methoxy groups -OCH3 is 2. The number of anilines is 1. The van der Waals surface area contributed by atoms with Crippen LogP contribution in [0.1, 0.15) is 11.1 Å². The van der Waals surface area contributed by atoms with Crippen LogP contribution in [0.15, 0.2) is 79.0 Å². The molecule has 1 heterocycles. The van der Waals surface area contributed by atoms with Crippen LogP contribution in [0.2, 0.25) is 0 Å². The van der Waals surface area contributed by atoms with Gasteiger partial charge in [-0.25, -0.2) is 9.18 Å². The number of amides is 3. The maximum atomic E-state index is 13.7. The summed E-state index contributed by atoms with van der Waals surface area (Å²) >= 11 is 0. The molecule has 204 valence electrons. The summed E-state index contributed by atoms with van der Waals surface area (Å²) in [7, 11) is 3.12. The number of para-hydroxylation sites is 2. The second-order valence-corrected chi connectivity index (χ2v) is 9.09. The normalized spacial score (nSPS) is 10.8. The lowest BCUT2D eigenvalue weighted by atomic mass is 10.1. The van der Waals surface area contributed by atoms with Gasteiger partial charge in [0, 0.05) is 55.1 Å². The largest absolute Gasteiger partial charge is 0.496 e. The average Bonchev–Trinajstić information content (AvgIpc) is 3.36. The third-order valence-corrected chi connectivity index (χ3v) is 6.49. The Bertz CT molecular complexity index is 1410. The molecule has 39 heavy (non-hydrogen) atoms. The lowest BCUT2D eigenvalue weighted by Gasteiger charge is -2.28. The molecule has 0 aliphatic rings. The van der Waals surface area contributed by atoms with Crippen LogP contribution < -0.4 is 10.1 Å². The molecular weight excluding hydrogens is 499 g/mol. The minimum atomic E-state index is -0.514. The van der Waals surface area contributed by atoms with E-state index in [1.54, 1.807) is 18.1 Å². The van der Waals surface area contributed by atoms with Crippen LogP contribution >= 0.6 is 0 Å². The number of rotatable bonds is 12. The van der Waals surface area contributed by atoms with Crippen molar-refractivity contribution < 1.29 is 23.5 Å². The van der Waals surface area contributed by atoms with Crippen LogP contribution in [-0.4, -0.2) is 67.2 Å². The minimum Gasteiger partial charge on any atom is -0.496 e. The van der Waals surface area contributed by atoms with Crippen LogP contribution in [0.4, 0.5) is 14.9 Å². The molecule has 2 N–H and O–H groups in total. The van der Waals surface area contributed by atoms with Gasteiger partial charge in [0.2, 0.25) is 5.91 Å². The third-order valence-electron chi connectivity index (χ3n) is 6.49. The number of nitrogens with one attached hydrogen (secondary N) is 2. The van der Waals surface area contributed by atoms with E-state index >= 15 is 0 Å². The van der Waals surface area contributed by atoms with Crippen molar-refractivity contribution in [2.24, 2.45) is 0 Å². The highest BCUT2D eigenvalue weighted by atomic mass is 19.1. The molecule has 9 heteroatoms. The molecule has 0 atom stereocenters. The summed E-state index contributed by atoms with van der Waals surface area (Å²) in [4.78, 5) is 33.2. The third kappa shape index (κ3) is 7.36. The molecule has 0 aliphatic heterocycles. The molecule has 3 aromatic carbocycles. The number of carbonyl (C=O) groups is 2. The first kappa shape index (κ1) is 27.7. The van der Waals surface area contributed by atoms with E-state index in [1.807, 2.05) is 48.7 Å². The van der Waals surface area contributed by atoms with E-state index in [1.165, 1.54) is 30.2 Å². The number of hydrogen-bond acceptors (Lipinski definition) is 4. The molecule has 3 amide bonds. The van der Waals surface area contributed by atoms with E-state index < -0.39 is 11.8 Å². The van der Waals surface area contributed by atoms with Gasteiger partial charge in [-0.05, 0) is 42.3 Å². The van der Waals surface area contributed by atoms with Gasteiger partial charge >= 0.3 is 6.03 Å². The summed E-state index contributed by atoms with van der Waals surface area (Å²) in [5.74, 6) is -0.0127. The molecule has 0 unspecified atom stereocenters. The number of halogens is 1. The molecule has 4 aromatic rings. The molecule has 8 nitrogen and oxygen atoms in total. The Kier molecular flexibility index (Phi) is 9.53. The Morgan fingerprint density at radius 2 is 1.72 bits per heavy atom. The zero-order chi connectivity index (χ0) is 27.6. The quantitative estimate of drug-likeness (QED) is 0.267. The molecule has 0 aliphatic carbocycles. The second-order valence-electron chi connectivity index (χ2n) is 9.09. The van der Waals surface area contributed by atoms with Crippen LogP contribution in [0, 0.1) is 5.82 Å². The Hall–Kier alpha value is -4.37. The summed E-state index contributed by atoms with van der Waals surface area (Å²) in [5.41, 5.74) is 3.30. The lowest BCUT2D eigenvalue weighted by molar-refractivity contribution is -0.132. The van der Waals surface area contributed by atoms with E-state index in [0.717, 1.165) is 22.0 Å². The van der Waals surface area contributed by atoms with E-state index in [4.69, 9.17) is 9.47 Å². The van der Waals surface area contributed by atoms with E-state index in [9.17, 15) is 14.0 Å². The van der Waals surface area contributed by atoms with Gasteiger partial charge in [0.25, 0.3) is 0 Å². The Morgan fingerprint density at radius 1 is 0.923 bits per heavy atom. The highest BCUT2D eigenvalue weighted by molar-refractivity contribution is 5.92. The SMILES string of the molecule is COCCN(CC(=O)N(CCc1c[nH]c2ccccc12)Cc1ccccc1OC)C(=O)Nc1cccc(F)c1. The summed E-state index contributed by atoms with van der Waals surface area (Å²) in [5, 5.41) is 3.78. The number of urea groups is 1. The Morgan fingerprint density at radius 3 is 2.51 bits per heavy atom. The zero-order valence-electron chi connectivity index (χ0n) is 22.2. The summed E-state index contributed by atoms with van der Waals surface area (Å²) < 4.78 is 24.3. The van der Waals surface area contributed by atoms with Crippen LogP contribution in [-0.2, 0) is 22.5 Å². The predicted molar refractivity (Wildman–Crippen MR) is 149 cm³/mol. The maximum Gasteiger partial charge on any atom is 0.322 e. The van der Waals surface area contributed by atoms with Gasteiger partial charge in [-0.1, -0.05) is 42.5 Å². The Labute approximate surface area is 227 Å². The zero-order valence-corrected chi connectivity index (χ0v) is 22.2. The first-order valence-corrected chi connectivity index (χ1v) is 12.7. The van der Waals surface area contributed by atoms with Crippen molar-refractivity contribution in [1.82, 2.24) is 14.8 Å². The van der Waals surface area contributed by atoms with Gasteiger partial charge in [0.05, 0.1) is 13.7 Å². The number of ether oxygens (including phenoxy) is 2. The van der Waals surface area contributed by atoms with E-state index in [-0.39, 0.29) is 25.6 Å². The average molecular weight is 533 g/mol. The molecule has 4 rings (SSSR count). The van der Waals surface area contributed by atoms with Crippen molar-refractivity contribution >= 4 is 28.5 Å². The van der Waals surface area contributed by atoms with Crippen molar-refractivity contribution in [2.45, 2.75) is 13.0 Å². The summed E-state index contributed by atoms with van der Waals surface area (Å²) in [6.07, 6.45) is 2.59. The summed E-state index contributed by atoms with van der Waals surface area (Å²) in [6, 6.07) is 20.7. The molecule has 0 bridgehead atoms. The summed E-state index contributed by atoms with van der Waals surface area (Å²) in [6.45, 7) is 1.00. The molecule has 0 saturated carbocycles. The first-order chi connectivity index (χ1) is 19.0. The van der Waals surface area contributed by atoms with Gasteiger partial charge in [0.1, 0.15) is 18.1 Å². The molecule has 0 saturated heterocycles. The topological polar surface area (TPSA) is 86.9 Å². The highest BCUT2D eigenvalue weighted by Gasteiger charge is 2.23. The molecule has 1 aromatic heterocycles. The smallest absolute Gasteiger partial charge is 0.322 e. The number of nitrogens with zero attached hydrogens (tertiary/aromatic N) is 2. The lowest BCUT2D eigenvalue weighted by Crippen LogP contribution is -2.46. The van der Waals surface area contributed by atoms with E-state index in [0.29, 0.717) is 30.9 Å². The second kappa shape index (κ2) is 13.4. The Balaban J connectivity index is 1.53. The van der Waals surface area contributed by atoms with Crippen LogP contribution in [0.25, 0.3) is 10.9 Å². The molecular formula is C30H33FN4O4.